The third-order valence-electron chi connectivity index (χ3n) is 4.25. The van der Waals surface area contributed by atoms with Gasteiger partial charge in [-0.2, -0.15) is 0 Å². The number of carbonyl (C=O) groups excluding carboxylic acids is 2. The maximum atomic E-state index is 12.5. The van der Waals surface area contributed by atoms with Crippen LogP contribution < -0.4 is 0 Å². The van der Waals surface area contributed by atoms with Crippen LogP contribution in [0.25, 0.3) is 22.6 Å². The molecule has 2 amide bonds. The van der Waals surface area contributed by atoms with Crippen molar-refractivity contribution in [1.82, 2.24) is 9.88 Å². The molecule has 3 aromatic rings. The van der Waals surface area contributed by atoms with E-state index < -0.39 is 0 Å². The van der Waals surface area contributed by atoms with Crippen LogP contribution in [0.1, 0.15) is 40.5 Å². The van der Waals surface area contributed by atoms with Crippen LogP contribution in [-0.4, -0.2) is 28.2 Å². The molecule has 0 bridgehead atoms. The van der Waals surface area contributed by atoms with Crippen molar-refractivity contribution in [2.45, 2.75) is 19.8 Å². The Labute approximate surface area is 138 Å². The number of benzene rings is 2. The van der Waals surface area contributed by atoms with Gasteiger partial charge < -0.3 is 4.42 Å². The second-order valence-electron chi connectivity index (χ2n) is 5.86. The number of carbonyl (C=O) groups is 2. The van der Waals surface area contributed by atoms with Crippen molar-refractivity contribution in [2.24, 2.45) is 0 Å². The van der Waals surface area contributed by atoms with Gasteiger partial charge in [-0.25, -0.2) is 4.98 Å². The molecule has 5 nitrogen and oxygen atoms in total. The highest BCUT2D eigenvalue weighted by molar-refractivity contribution is 6.21. The molecule has 0 atom stereocenters. The van der Waals surface area contributed by atoms with E-state index in [4.69, 9.17) is 4.42 Å². The van der Waals surface area contributed by atoms with Gasteiger partial charge in [0.05, 0.1) is 11.1 Å². The van der Waals surface area contributed by atoms with E-state index in [1.807, 2.05) is 31.2 Å². The summed E-state index contributed by atoms with van der Waals surface area (Å²) in [6.45, 7) is 2.49. The van der Waals surface area contributed by atoms with E-state index in [1.165, 1.54) is 4.90 Å². The van der Waals surface area contributed by atoms with Crippen LogP contribution in [0.15, 0.2) is 46.9 Å². The van der Waals surface area contributed by atoms with Crippen molar-refractivity contribution < 1.29 is 14.0 Å². The van der Waals surface area contributed by atoms with Gasteiger partial charge in [-0.15, -0.1) is 0 Å². The summed E-state index contributed by atoms with van der Waals surface area (Å²) in [6, 6.07) is 12.7. The van der Waals surface area contributed by atoms with Crippen molar-refractivity contribution in [3.63, 3.8) is 0 Å². The average Bonchev–Trinajstić information content (AvgIpc) is 3.14. The fourth-order valence-corrected chi connectivity index (χ4v) is 2.94. The van der Waals surface area contributed by atoms with Gasteiger partial charge in [0.15, 0.2) is 5.58 Å². The maximum absolute atomic E-state index is 12.5. The molecule has 0 aliphatic carbocycles. The lowest BCUT2D eigenvalue weighted by Crippen LogP contribution is -2.30. The number of hydrogen-bond acceptors (Lipinski definition) is 4. The summed E-state index contributed by atoms with van der Waals surface area (Å²) in [4.78, 5) is 30.7. The number of hydrogen-bond donors (Lipinski definition) is 0. The topological polar surface area (TPSA) is 63.4 Å². The first-order valence-electron chi connectivity index (χ1n) is 8.05. The number of oxazole rings is 1. The van der Waals surface area contributed by atoms with E-state index in [0.29, 0.717) is 34.7 Å². The first kappa shape index (κ1) is 14.6. The Kier molecular flexibility index (Phi) is 3.41. The number of imide groups is 1. The quantitative estimate of drug-likeness (QED) is 0.684. The Morgan fingerprint density at radius 1 is 1.04 bits per heavy atom. The zero-order valence-corrected chi connectivity index (χ0v) is 13.3. The lowest BCUT2D eigenvalue weighted by Gasteiger charge is -2.12. The molecule has 2 aromatic carbocycles. The molecular formula is C19H16N2O3. The summed E-state index contributed by atoms with van der Waals surface area (Å²) in [6.07, 6.45) is 1.74. The summed E-state index contributed by atoms with van der Waals surface area (Å²) in [7, 11) is 0. The molecule has 2 heterocycles. The van der Waals surface area contributed by atoms with Crippen molar-refractivity contribution in [2.75, 3.05) is 6.54 Å². The Morgan fingerprint density at radius 3 is 2.62 bits per heavy atom. The number of nitrogens with zero attached hydrogens (tertiary/aromatic N) is 2. The smallest absolute Gasteiger partial charge is 0.261 e. The van der Waals surface area contributed by atoms with Gasteiger partial charge in [0, 0.05) is 12.1 Å². The van der Waals surface area contributed by atoms with Crippen LogP contribution in [0, 0.1) is 0 Å². The molecule has 0 radical (unpaired) electrons. The first-order chi connectivity index (χ1) is 11.7. The van der Waals surface area contributed by atoms with Crippen LogP contribution in [0.4, 0.5) is 0 Å². The Hall–Kier alpha value is -2.95. The summed E-state index contributed by atoms with van der Waals surface area (Å²) < 4.78 is 5.75. The van der Waals surface area contributed by atoms with E-state index >= 15 is 0 Å². The maximum Gasteiger partial charge on any atom is 0.261 e. The van der Waals surface area contributed by atoms with Crippen LogP contribution >= 0.6 is 0 Å². The summed E-state index contributed by atoms with van der Waals surface area (Å²) >= 11 is 0. The number of amides is 2. The van der Waals surface area contributed by atoms with E-state index in [-0.39, 0.29) is 11.8 Å². The van der Waals surface area contributed by atoms with Gasteiger partial charge in [0.2, 0.25) is 5.89 Å². The minimum atomic E-state index is -0.235. The Morgan fingerprint density at radius 2 is 1.83 bits per heavy atom. The molecule has 24 heavy (non-hydrogen) atoms. The number of rotatable bonds is 4. The third kappa shape index (κ3) is 2.21. The minimum Gasteiger partial charge on any atom is -0.436 e. The van der Waals surface area contributed by atoms with Gasteiger partial charge in [-0.1, -0.05) is 25.5 Å². The molecular weight excluding hydrogens is 304 g/mol. The van der Waals surface area contributed by atoms with E-state index in [1.54, 1.807) is 18.2 Å². The zero-order chi connectivity index (χ0) is 16.7. The van der Waals surface area contributed by atoms with Crippen molar-refractivity contribution >= 4 is 22.9 Å². The molecule has 1 aromatic heterocycles. The predicted molar refractivity (Wildman–Crippen MR) is 89.7 cm³/mol. The second kappa shape index (κ2) is 5.60. The average molecular weight is 320 g/mol. The third-order valence-corrected chi connectivity index (χ3v) is 4.25. The molecule has 120 valence electrons. The van der Waals surface area contributed by atoms with E-state index in [9.17, 15) is 9.59 Å². The fourth-order valence-electron chi connectivity index (χ4n) is 2.94. The van der Waals surface area contributed by atoms with E-state index in [0.717, 1.165) is 18.4 Å². The minimum absolute atomic E-state index is 0.215. The predicted octanol–water partition coefficient (Wildman–Crippen LogP) is 3.89. The largest absolute Gasteiger partial charge is 0.436 e. The molecule has 0 spiro atoms. The van der Waals surface area contributed by atoms with Gasteiger partial charge in [0.25, 0.3) is 11.8 Å². The standard InChI is InChI=1S/C19H16N2O3/c1-2-3-10-21-18(22)13-9-8-12(11-14(13)19(21)23)17-20-15-6-4-5-7-16(15)24-17/h4-9,11H,2-3,10H2,1H3. The summed E-state index contributed by atoms with van der Waals surface area (Å²) in [5.74, 6) is 0.000216. The molecule has 0 unspecified atom stereocenters. The van der Waals surface area contributed by atoms with Gasteiger partial charge in [-0.3, -0.25) is 14.5 Å². The Balaban J connectivity index is 1.73. The molecule has 0 saturated heterocycles. The molecule has 4 rings (SSSR count). The van der Waals surface area contributed by atoms with Crippen molar-refractivity contribution in [3.05, 3.63) is 53.6 Å². The molecule has 5 heteroatoms. The monoisotopic (exact) mass is 320 g/mol. The SMILES string of the molecule is CCCCN1C(=O)c2ccc(-c3nc4ccccc4o3)cc2C1=O. The summed E-state index contributed by atoms with van der Waals surface area (Å²) in [5.41, 5.74) is 3.04. The van der Waals surface area contributed by atoms with Gasteiger partial charge in [0.1, 0.15) is 5.52 Å². The number of para-hydroxylation sites is 2. The zero-order valence-electron chi connectivity index (χ0n) is 13.3. The molecule has 0 fully saturated rings. The lowest BCUT2D eigenvalue weighted by atomic mass is 10.1. The number of aromatic nitrogens is 1. The van der Waals surface area contributed by atoms with Crippen LogP contribution in [-0.2, 0) is 0 Å². The highest BCUT2D eigenvalue weighted by atomic mass is 16.3. The molecule has 0 saturated carbocycles. The number of fused-ring (bicyclic) bond motifs is 2. The van der Waals surface area contributed by atoms with Crippen molar-refractivity contribution in [3.8, 4) is 11.5 Å². The molecule has 0 N–H and O–H groups in total. The van der Waals surface area contributed by atoms with E-state index in [2.05, 4.69) is 4.98 Å². The van der Waals surface area contributed by atoms with Crippen molar-refractivity contribution in [1.29, 1.82) is 0 Å². The normalized spacial score (nSPS) is 13.8. The highest BCUT2D eigenvalue weighted by Gasteiger charge is 2.35. The molecule has 1 aliphatic heterocycles. The van der Waals surface area contributed by atoms with Gasteiger partial charge >= 0.3 is 0 Å². The first-order valence-corrected chi connectivity index (χ1v) is 8.05. The highest BCUT2D eigenvalue weighted by Crippen LogP contribution is 2.30. The second-order valence-corrected chi connectivity index (χ2v) is 5.86. The fraction of sp³-hybridized carbons (Fsp3) is 0.211. The van der Waals surface area contributed by atoms with Gasteiger partial charge in [-0.05, 0) is 36.8 Å². The lowest BCUT2D eigenvalue weighted by molar-refractivity contribution is 0.0652. The van der Waals surface area contributed by atoms with Crippen LogP contribution in [0.2, 0.25) is 0 Å². The Bertz CT molecular complexity index is 925. The van der Waals surface area contributed by atoms with Crippen LogP contribution in [0.5, 0.6) is 0 Å². The summed E-state index contributed by atoms with van der Waals surface area (Å²) in [5, 5.41) is 0. The molecule has 1 aliphatic rings. The van der Waals surface area contributed by atoms with Crippen LogP contribution in [0.3, 0.4) is 0 Å². The number of unbranched alkanes of at least 4 members (excludes halogenated alkanes) is 1.